The van der Waals surface area contributed by atoms with Gasteiger partial charge in [-0.25, -0.2) is 0 Å². The van der Waals surface area contributed by atoms with Gasteiger partial charge >= 0.3 is 0 Å². The predicted octanol–water partition coefficient (Wildman–Crippen LogP) is 2.22. The summed E-state index contributed by atoms with van der Waals surface area (Å²) in [5.74, 6) is 0.116. The lowest BCUT2D eigenvalue weighted by Gasteiger charge is -2.51. The first-order valence-corrected chi connectivity index (χ1v) is 7.54. The summed E-state index contributed by atoms with van der Waals surface area (Å²) >= 11 is 0. The summed E-state index contributed by atoms with van der Waals surface area (Å²) in [6.07, 6.45) is 5.67. The molecule has 1 heterocycles. The molecule has 0 spiro atoms. The molecule has 108 valence electrons. The van der Waals surface area contributed by atoms with Crippen molar-refractivity contribution in [1.29, 1.82) is 0 Å². The van der Waals surface area contributed by atoms with Gasteiger partial charge in [-0.3, -0.25) is 9.59 Å². The Balaban J connectivity index is 2.40. The number of carbonyl (C=O) groups excluding carboxylic acids is 2. The number of nitrogens with zero attached hydrogens (tertiary/aromatic N) is 1. The Labute approximate surface area is 115 Å². The lowest BCUT2D eigenvalue weighted by molar-refractivity contribution is -0.162. The van der Waals surface area contributed by atoms with Crippen LogP contribution in [0.4, 0.5) is 0 Å². The van der Waals surface area contributed by atoms with Crippen LogP contribution in [0.25, 0.3) is 0 Å². The van der Waals surface area contributed by atoms with Crippen LogP contribution in [-0.2, 0) is 9.59 Å². The average Bonchev–Trinajstić information content (AvgIpc) is 2.81. The van der Waals surface area contributed by atoms with E-state index in [1.165, 1.54) is 0 Å². The average molecular weight is 266 g/mol. The van der Waals surface area contributed by atoms with E-state index in [9.17, 15) is 9.59 Å². The zero-order valence-electron chi connectivity index (χ0n) is 12.6. The van der Waals surface area contributed by atoms with E-state index in [2.05, 4.69) is 12.2 Å². The van der Waals surface area contributed by atoms with Gasteiger partial charge in [-0.2, -0.15) is 0 Å². The van der Waals surface area contributed by atoms with Gasteiger partial charge in [0.15, 0.2) is 0 Å². The molecule has 0 radical (unpaired) electrons. The van der Waals surface area contributed by atoms with Crippen LogP contribution in [-0.4, -0.2) is 33.8 Å². The summed E-state index contributed by atoms with van der Waals surface area (Å²) in [6.45, 7) is 7.94. The van der Waals surface area contributed by atoms with Gasteiger partial charge in [-0.05, 0) is 39.5 Å². The second-order valence-corrected chi connectivity index (χ2v) is 6.48. The third-order valence-electron chi connectivity index (χ3n) is 5.06. The summed E-state index contributed by atoms with van der Waals surface area (Å²) in [4.78, 5) is 27.2. The Morgan fingerprint density at radius 2 is 1.79 bits per heavy atom. The van der Waals surface area contributed by atoms with Crippen molar-refractivity contribution in [2.75, 3.05) is 0 Å². The van der Waals surface area contributed by atoms with Gasteiger partial charge in [0.1, 0.15) is 11.6 Å². The van der Waals surface area contributed by atoms with E-state index in [-0.39, 0.29) is 23.4 Å². The minimum Gasteiger partial charge on any atom is -0.340 e. The minimum atomic E-state index is -0.728. The molecule has 2 atom stereocenters. The highest BCUT2D eigenvalue weighted by Gasteiger charge is 2.52. The fourth-order valence-electron chi connectivity index (χ4n) is 3.54. The Bertz CT molecular complexity index is 388. The van der Waals surface area contributed by atoms with Gasteiger partial charge in [0.05, 0.1) is 0 Å². The largest absolute Gasteiger partial charge is 0.340 e. The molecule has 0 aromatic rings. The second-order valence-electron chi connectivity index (χ2n) is 6.48. The zero-order valence-corrected chi connectivity index (χ0v) is 12.6. The molecule has 2 fully saturated rings. The molecule has 2 aliphatic rings. The predicted molar refractivity (Wildman–Crippen MR) is 74.6 cm³/mol. The maximum absolute atomic E-state index is 12.9. The number of rotatable bonds is 3. The first-order chi connectivity index (χ1) is 8.88. The molecule has 1 aliphatic carbocycles. The fraction of sp³-hybridized carbons (Fsp3) is 0.867. The molecular weight excluding hydrogens is 240 g/mol. The van der Waals surface area contributed by atoms with Crippen LogP contribution in [0.1, 0.15) is 66.2 Å². The van der Waals surface area contributed by atoms with Crippen molar-refractivity contribution >= 4 is 11.8 Å². The molecular formula is C15H26N2O2. The van der Waals surface area contributed by atoms with Gasteiger partial charge in [0.2, 0.25) is 11.8 Å². The first kappa shape index (κ1) is 14.4. The molecule has 2 rings (SSSR count). The molecule has 1 saturated heterocycles. The maximum atomic E-state index is 12.9. The number of nitrogens with one attached hydrogen (secondary N) is 1. The molecule has 19 heavy (non-hydrogen) atoms. The first-order valence-electron chi connectivity index (χ1n) is 7.54. The summed E-state index contributed by atoms with van der Waals surface area (Å²) in [5, 5.41) is 2.93. The van der Waals surface area contributed by atoms with Crippen LogP contribution >= 0.6 is 0 Å². The molecule has 0 bridgehead atoms. The van der Waals surface area contributed by atoms with Gasteiger partial charge in [-0.15, -0.1) is 0 Å². The van der Waals surface area contributed by atoms with Crippen LogP contribution in [0, 0.1) is 0 Å². The molecule has 2 unspecified atom stereocenters. The van der Waals surface area contributed by atoms with E-state index in [1.54, 1.807) is 0 Å². The van der Waals surface area contributed by atoms with Crippen LogP contribution in [0.3, 0.4) is 0 Å². The lowest BCUT2D eigenvalue weighted by Crippen LogP contribution is -2.72. The third-order valence-corrected chi connectivity index (χ3v) is 5.06. The van der Waals surface area contributed by atoms with Gasteiger partial charge in [0, 0.05) is 5.54 Å². The standard InChI is InChI=1S/C15H26N2O2/c1-5-11-12(18)16-15(4,6-2)13(19)17(11)14(3)9-7-8-10-14/h11H,5-10H2,1-4H3,(H,16,18). The highest BCUT2D eigenvalue weighted by Crippen LogP contribution is 2.39. The highest BCUT2D eigenvalue weighted by atomic mass is 16.2. The smallest absolute Gasteiger partial charge is 0.249 e. The molecule has 0 aromatic carbocycles. The van der Waals surface area contributed by atoms with Gasteiger partial charge in [0.25, 0.3) is 0 Å². The van der Waals surface area contributed by atoms with Crippen molar-refractivity contribution in [3.05, 3.63) is 0 Å². The SMILES string of the molecule is CCC1C(=O)NC(C)(CC)C(=O)N1C1(C)CCCC1. The number of piperazine rings is 1. The van der Waals surface area contributed by atoms with Crippen LogP contribution in [0.2, 0.25) is 0 Å². The topological polar surface area (TPSA) is 49.4 Å². The van der Waals surface area contributed by atoms with Gasteiger partial charge < -0.3 is 10.2 Å². The number of amides is 2. The van der Waals surface area contributed by atoms with E-state index in [0.29, 0.717) is 12.8 Å². The molecule has 1 aliphatic heterocycles. The normalized spacial score (nSPS) is 34.5. The lowest BCUT2D eigenvalue weighted by atomic mass is 9.85. The Morgan fingerprint density at radius 3 is 2.26 bits per heavy atom. The third kappa shape index (κ3) is 2.15. The number of hydrogen-bond acceptors (Lipinski definition) is 2. The van der Waals surface area contributed by atoms with E-state index in [1.807, 2.05) is 25.7 Å². The Morgan fingerprint density at radius 1 is 1.21 bits per heavy atom. The molecule has 4 nitrogen and oxygen atoms in total. The summed E-state index contributed by atoms with van der Waals surface area (Å²) < 4.78 is 0. The Hall–Kier alpha value is -1.06. The van der Waals surface area contributed by atoms with Crippen molar-refractivity contribution in [2.24, 2.45) is 0 Å². The molecule has 0 aromatic heterocycles. The zero-order chi connectivity index (χ0) is 14.3. The second kappa shape index (κ2) is 4.80. The van der Waals surface area contributed by atoms with E-state index in [0.717, 1.165) is 25.7 Å². The van der Waals surface area contributed by atoms with Crippen molar-refractivity contribution < 1.29 is 9.59 Å². The fourth-order valence-corrected chi connectivity index (χ4v) is 3.54. The van der Waals surface area contributed by atoms with Crippen molar-refractivity contribution in [1.82, 2.24) is 10.2 Å². The summed E-state index contributed by atoms with van der Waals surface area (Å²) in [6, 6.07) is -0.296. The number of carbonyl (C=O) groups is 2. The molecule has 1 N–H and O–H groups in total. The molecule has 2 amide bonds. The molecule has 4 heteroatoms. The number of hydrogen-bond donors (Lipinski definition) is 1. The monoisotopic (exact) mass is 266 g/mol. The minimum absolute atomic E-state index is 0.0135. The Kier molecular flexibility index (Phi) is 3.63. The molecule has 1 saturated carbocycles. The quantitative estimate of drug-likeness (QED) is 0.851. The van der Waals surface area contributed by atoms with Crippen LogP contribution in [0.5, 0.6) is 0 Å². The van der Waals surface area contributed by atoms with Crippen LogP contribution < -0.4 is 5.32 Å². The van der Waals surface area contributed by atoms with E-state index < -0.39 is 5.54 Å². The summed E-state index contributed by atoms with van der Waals surface area (Å²) in [7, 11) is 0. The maximum Gasteiger partial charge on any atom is 0.249 e. The summed E-state index contributed by atoms with van der Waals surface area (Å²) in [5.41, 5.74) is -0.861. The van der Waals surface area contributed by atoms with Crippen molar-refractivity contribution in [3.8, 4) is 0 Å². The van der Waals surface area contributed by atoms with Gasteiger partial charge in [-0.1, -0.05) is 26.7 Å². The van der Waals surface area contributed by atoms with E-state index in [4.69, 9.17) is 0 Å². The van der Waals surface area contributed by atoms with Crippen molar-refractivity contribution in [3.63, 3.8) is 0 Å². The van der Waals surface area contributed by atoms with Crippen LogP contribution in [0.15, 0.2) is 0 Å². The van der Waals surface area contributed by atoms with E-state index >= 15 is 0 Å². The highest BCUT2D eigenvalue weighted by molar-refractivity contribution is 6.00. The van der Waals surface area contributed by atoms with Crippen molar-refractivity contribution in [2.45, 2.75) is 83.3 Å².